The maximum atomic E-state index is 11.3. The lowest BCUT2D eigenvalue weighted by Crippen LogP contribution is -1.99. The highest BCUT2D eigenvalue weighted by atomic mass is 35.5. The fraction of sp³-hybridized carbons (Fsp3) is 0.105. The smallest absolute Gasteiger partial charge is 0.159 e. The lowest BCUT2D eigenvalue weighted by molar-refractivity contribution is 0.101. The van der Waals surface area contributed by atoms with E-state index in [4.69, 9.17) is 11.6 Å². The summed E-state index contributed by atoms with van der Waals surface area (Å²) in [6, 6.07) is 14.8. The van der Waals surface area contributed by atoms with Crippen molar-refractivity contribution in [1.29, 1.82) is 0 Å². The number of benzene rings is 2. The Morgan fingerprint density at radius 3 is 2.12 bits per heavy atom. The first-order valence-corrected chi connectivity index (χ1v) is 8.12. The van der Waals surface area contributed by atoms with E-state index in [2.05, 4.69) is 20.6 Å². The number of nitrogens with zero attached hydrogens (tertiary/aromatic N) is 2. The predicted octanol–water partition coefficient (Wildman–Crippen LogP) is 5.13. The van der Waals surface area contributed by atoms with Gasteiger partial charge in [-0.2, -0.15) is 0 Å². The van der Waals surface area contributed by atoms with Crippen molar-refractivity contribution in [1.82, 2.24) is 9.97 Å². The molecule has 3 rings (SSSR count). The molecule has 0 saturated heterocycles. The van der Waals surface area contributed by atoms with Crippen molar-refractivity contribution in [2.45, 2.75) is 13.8 Å². The molecule has 0 radical (unpaired) electrons. The molecule has 1 heterocycles. The van der Waals surface area contributed by atoms with Crippen molar-refractivity contribution >= 4 is 40.4 Å². The Labute approximate surface area is 151 Å². The Kier molecular flexibility index (Phi) is 4.95. The molecule has 0 amide bonds. The van der Waals surface area contributed by atoms with Crippen molar-refractivity contribution in [3.8, 4) is 0 Å². The first-order chi connectivity index (χ1) is 12.0. The molecule has 0 unspecified atom stereocenters. The minimum atomic E-state index is 0.0387. The average molecular weight is 353 g/mol. The Hall–Kier alpha value is -2.92. The largest absolute Gasteiger partial charge is 0.340 e. The standard InChI is InChI=1S/C19H17ClN4O/c1-12-3-6-16(9-17(12)20)24-19-10-18(21-11-22-19)23-15-7-4-14(5-8-15)13(2)25/h3-11H,1-2H3,(H2,21,22,23,24). The van der Waals surface area contributed by atoms with Gasteiger partial charge in [-0.05, 0) is 55.8 Å². The number of halogens is 1. The molecule has 0 fully saturated rings. The topological polar surface area (TPSA) is 66.9 Å². The summed E-state index contributed by atoms with van der Waals surface area (Å²) in [5, 5.41) is 7.09. The quantitative estimate of drug-likeness (QED) is 0.623. The van der Waals surface area contributed by atoms with Gasteiger partial charge in [0.1, 0.15) is 18.0 Å². The lowest BCUT2D eigenvalue weighted by Gasteiger charge is -2.10. The zero-order chi connectivity index (χ0) is 17.8. The van der Waals surface area contributed by atoms with Gasteiger partial charge in [0.2, 0.25) is 0 Å². The van der Waals surface area contributed by atoms with Crippen LogP contribution in [0.1, 0.15) is 22.8 Å². The molecule has 0 aliphatic rings. The molecule has 1 aromatic heterocycles. The van der Waals surface area contributed by atoms with E-state index in [-0.39, 0.29) is 5.78 Å². The average Bonchev–Trinajstić information content (AvgIpc) is 2.59. The van der Waals surface area contributed by atoms with Crippen LogP contribution >= 0.6 is 11.6 Å². The van der Waals surface area contributed by atoms with E-state index >= 15 is 0 Å². The Morgan fingerprint density at radius 1 is 0.920 bits per heavy atom. The van der Waals surface area contributed by atoms with Gasteiger partial charge in [0.15, 0.2) is 5.78 Å². The van der Waals surface area contributed by atoms with Crippen LogP contribution in [0.25, 0.3) is 0 Å². The fourth-order valence-corrected chi connectivity index (χ4v) is 2.43. The van der Waals surface area contributed by atoms with Crippen LogP contribution in [0.5, 0.6) is 0 Å². The maximum absolute atomic E-state index is 11.3. The van der Waals surface area contributed by atoms with Crippen molar-refractivity contribution < 1.29 is 4.79 Å². The second kappa shape index (κ2) is 7.32. The van der Waals surface area contributed by atoms with Crippen LogP contribution in [0, 0.1) is 6.92 Å². The summed E-state index contributed by atoms with van der Waals surface area (Å²) in [7, 11) is 0. The molecule has 0 bridgehead atoms. The van der Waals surface area contributed by atoms with E-state index in [1.54, 1.807) is 25.1 Å². The number of carbonyl (C=O) groups excluding carboxylic acids is 1. The molecule has 0 atom stereocenters. The highest BCUT2D eigenvalue weighted by molar-refractivity contribution is 6.31. The molecule has 2 N–H and O–H groups in total. The summed E-state index contributed by atoms with van der Waals surface area (Å²) in [6.07, 6.45) is 1.48. The molecule has 5 nitrogen and oxygen atoms in total. The molecule has 126 valence electrons. The van der Waals surface area contributed by atoms with Crippen LogP contribution in [0.2, 0.25) is 5.02 Å². The second-order valence-corrected chi connectivity index (χ2v) is 6.04. The van der Waals surface area contributed by atoms with E-state index in [1.165, 1.54) is 6.33 Å². The molecule has 0 saturated carbocycles. The zero-order valence-corrected chi connectivity index (χ0v) is 14.6. The summed E-state index contributed by atoms with van der Waals surface area (Å²) in [6.45, 7) is 3.50. The van der Waals surface area contributed by atoms with Gasteiger partial charge in [-0.15, -0.1) is 0 Å². The highest BCUT2D eigenvalue weighted by Gasteiger charge is 2.03. The lowest BCUT2D eigenvalue weighted by atomic mass is 10.1. The van der Waals surface area contributed by atoms with Crippen LogP contribution < -0.4 is 10.6 Å². The third kappa shape index (κ3) is 4.33. The third-order valence-corrected chi connectivity index (χ3v) is 4.08. The predicted molar refractivity (Wildman–Crippen MR) is 101 cm³/mol. The first-order valence-electron chi connectivity index (χ1n) is 7.74. The van der Waals surface area contributed by atoms with E-state index in [1.807, 2.05) is 37.3 Å². The third-order valence-electron chi connectivity index (χ3n) is 3.68. The van der Waals surface area contributed by atoms with Gasteiger partial charge < -0.3 is 10.6 Å². The molecule has 6 heteroatoms. The van der Waals surface area contributed by atoms with Crippen LogP contribution in [-0.4, -0.2) is 15.8 Å². The summed E-state index contributed by atoms with van der Waals surface area (Å²) in [5.41, 5.74) is 3.39. The summed E-state index contributed by atoms with van der Waals surface area (Å²) in [5.74, 6) is 1.33. The molecular weight excluding hydrogens is 336 g/mol. The summed E-state index contributed by atoms with van der Waals surface area (Å²) < 4.78 is 0. The van der Waals surface area contributed by atoms with E-state index in [0.29, 0.717) is 22.2 Å². The molecule has 0 spiro atoms. The number of nitrogens with one attached hydrogen (secondary N) is 2. The van der Waals surface area contributed by atoms with E-state index in [9.17, 15) is 4.79 Å². The molecular formula is C19H17ClN4O. The second-order valence-electron chi connectivity index (χ2n) is 5.64. The number of hydrogen-bond acceptors (Lipinski definition) is 5. The molecule has 0 aliphatic heterocycles. The van der Waals surface area contributed by atoms with E-state index < -0.39 is 0 Å². The van der Waals surface area contributed by atoms with Crippen LogP contribution in [0.15, 0.2) is 54.9 Å². The SMILES string of the molecule is CC(=O)c1ccc(Nc2cc(Nc3ccc(C)c(Cl)c3)ncn2)cc1. The van der Waals surface area contributed by atoms with Crippen molar-refractivity contribution in [3.05, 3.63) is 71.0 Å². The number of aryl methyl sites for hydroxylation is 1. The van der Waals surface area contributed by atoms with Gasteiger partial charge >= 0.3 is 0 Å². The molecule has 25 heavy (non-hydrogen) atoms. The number of ketones is 1. The summed E-state index contributed by atoms with van der Waals surface area (Å²) >= 11 is 6.14. The van der Waals surface area contributed by atoms with Gasteiger partial charge in [0, 0.05) is 28.0 Å². The molecule has 0 aliphatic carbocycles. The normalized spacial score (nSPS) is 10.4. The van der Waals surface area contributed by atoms with Crippen LogP contribution in [-0.2, 0) is 0 Å². The molecule has 3 aromatic rings. The number of rotatable bonds is 5. The zero-order valence-electron chi connectivity index (χ0n) is 13.9. The summed E-state index contributed by atoms with van der Waals surface area (Å²) in [4.78, 5) is 19.7. The van der Waals surface area contributed by atoms with Crippen LogP contribution in [0.3, 0.4) is 0 Å². The number of carbonyl (C=O) groups is 1. The number of Topliss-reactive ketones (excluding diaryl/α,β-unsaturated/α-hetero) is 1. The van der Waals surface area contributed by atoms with Gasteiger partial charge in [-0.3, -0.25) is 4.79 Å². The number of aromatic nitrogens is 2. The number of hydrogen-bond donors (Lipinski definition) is 2. The minimum absolute atomic E-state index is 0.0387. The minimum Gasteiger partial charge on any atom is -0.340 e. The van der Waals surface area contributed by atoms with Gasteiger partial charge in [0.25, 0.3) is 0 Å². The van der Waals surface area contributed by atoms with Gasteiger partial charge in [-0.25, -0.2) is 9.97 Å². The number of anilines is 4. The Bertz CT molecular complexity index is 910. The Morgan fingerprint density at radius 2 is 1.52 bits per heavy atom. The van der Waals surface area contributed by atoms with Gasteiger partial charge in [-0.1, -0.05) is 17.7 Å². The Balaban J connectivity index is 1.74. The highest BCUT2D eigenvalue weighted by Crippen LogP contribution is 2.23. The van der Waals surface area contributed by atoms with Gasteiger partial charge in [0.05, 0.1) is 0 Å². The maximum Gasteiger partial charge on any atom is 0.159 e. The van der Waals surface area contributed by atoms with Crippen LogP contribution in [0.4, 0.5) is 23.0 Å². The van der Waals surface area contributed by atoms with E-state index in [0.717, 1.165) is 16.9 Å². The molecule has 2 aromatic carbocycles. The van der Waals surface area contributed by atoms with Crippen molar-refractivity contribution in [2.24, 2.45) is 0 Å². The fourth-order valence-electron chi connectivity index (χ4n) is 2.25. The first kappa shape index (κ1) is 16.9. The monoisotopic (exact) mass is 352 g/mol. The van der Waals surface area contributed by atoms with Crippen molar-refractivity contribution in [3.63, 3.8) is 0 Å². The van der Waals surface area contributed by atoms with Crippen molar-refractivity contribution in [2.75, 3.05) is 10.6 Å².